The van der Waals surface area contributed by atoms with Crippen molar-refractivity contribution in [1.29, 1.82) is 0 Å². The second-order valence-corrected chi connectivity index (χ2v) is 7.67. The Bertz CT molecular complexity index is 1120. The molecule has 0 fully saturated rings. The molecule has 0 spiro atoms. The molecule has 2 N–H and O–H groups in total. The zero-order valence-electron chi connectivity index (χ0n) is 18.3. The van der Waals surface area contributed by atoms with Gasteiger partial charge in [-0.3, -0.25) is 4.98 Å². The molecule has 1 aromatic heterocycles. The van der Waals surface area contributed by atoms with Crippen LogP contribution in [0.3, 0.4) is 0 Å². The van der Waals surface area contributed by atoms with Crippen molar-refractivity contribution >= 4 is 23.0 Å². The largest absolute Gasteiger partial charge is 0.486 e. The Balaban J connectivity index is 0.000000189. The first-order chi connectivity index (χ1) is 15.6. The van der Waals surface area contributed by atoms with Gasteiger partial charge in [-0.15, -0.1) is 0 Å². The molecule has 0 saturated carbocycles. The maximum atomic E-state index is 10.5. The van der Waals surface area contributed by atoms with Crippen LogP contribution in [0.1, 0.15) is 27.9 Å². The van der Waals surface area contributed by atoms with E-state index in [1.54, 1.807) is 7.05 Å². The van der Waals surface area contributed by atoms with E-state index in [1.807, 2.05) is 6.07 Å². The summed E-state index contributed by atoms with van der Waals surface area (Å²) in [4.78, 5) is 16.5. The topological polar surface area (TPSA) is 83.9 Å². The van der Waals surface area contributed by atoms with Crippen LogP contribution in [-0.2, 0) is 12.8 Å². The molecular formula is C25H27N3O4. The van der Waals surface area contributed by atoms with Crippen LogP contribution < -0.4 is 19.7 Å². The van der Waals surface area contributed by atoms with Gasteiger partial charge in [0, 0.05) is 37.7 Å². The van der Waals surface area contributed by atoms with E-state index in [1.165, 1.54) is 54.5 Å². The minimum atomic E-state index is -0.947. The average Bonchev–Trinajstić information content (AvgIpc) is 3.31. The molecule has 0 amide bonds. The maximum absolute atomic E-state index is 10.5. The highest BCUT2D eigenvalue weighted by molar-refractivity contribution is 5.93. The third kappa shape index (κ3) is 4.61. The van der Waals surface area contributed by atoms with Crippen molar-refractivity contribution in [2.45, 2.75) is 19.3 Å². The third-order valence-electron chi connectivity index (χ3n) is 5.70. The van der Waals surface area contributed by atoms with Crippen LogP contribution >= 0.6 is 0 Å². The molecule has 0 radical (unpaired) electrons. The fourth-order valence-corrected chi connectivity index (χ4v) is 3.94. The predicted octanol–water partition coefficient (Wildman–Crippen LogP) is 4.54. The Morgan fingerprint density at radius 2 is 1.72 bits per heavy atom. The van der Waals surface area contributed by atoms with Crippen LogP contribution in [0.5, 0.6) is 11.5 Å². The number of carboxylic acid groups (broad SMARTS) is 1. The first-order valence-electron chi connectivity index (χ1n) is 10.7. The van der Waals surface area contributed by atoms with Gasteiger partial charge in [-0.25, -0.2) is 4.79 Å². The number of carboxylic acids is 1. The monoisotopic (exact) mass is 433 g/mol. The number of aryl methyl sites for hydroxylation is 2. The van der Waals surface area contributed by atoms with Crippen molar-refractivity contribution in [1.82, 2.24) is 4.98 Å². The Hall–Kier alpha value is -3.74. The number of aromatic nitrogens is 1. The molecule has 0 saturated heterocycles. The van der Waals surface area contributed by atoms with E-state index in [9.17, 15) is 4.79 Å². The molecule has 0 unspecified atom stereocenters. The molecule has 3 aromatic rings. The van der Waals surface area contributed by atoms with Gasteiger partial charge in [-0.2, -0.15) is 0 Å². The van der Waals surface area contributed by atoms with Crippen molar-refractivity contribution in [2.24, 2.45) is 0 Å². The standard InChI is InChI=1S/C18H19NO2.C7H8N2O2/c1-19(15-6-5-13-3-2-4-14(13)11-15)16-7-8-17-18(12-16)21-10-9-20-17;1-8-6-4-9-3-2-5(6)7(10)11/h5-8,11-12H,2-4,9-10H2,1H3;2-4,8H,1H3,(H,10,11). The van der Waals surface area contributed by atoms with Crippen molar-refractivity contribution in [3.05, 3.63) is 71.5 Å². The van der Waals surface area contributed by atoms with E-state index in [-0.39, 0.29) is 5.56 Å². The number of hydrogen-bond acceptors (Lipinski definition) is 6. The van der Waals surface area contributed by atoms with Crippen LogP contribution in [0, 0.1) is 0 Å². The lowest BCUT2D eigenvalue weighted by Gasteiger charge is -2.24. The summed E-state index contributed by atoms with van der Waals surface area (Å²) < 4.78 is 11.3. The van der Waals surface area contributed by atoms with Crippen LogP contribution in [0.15, 0.2) is 54.9 Å². The minimum Gasteiger partial charge on any atom is -0.486 e. The van der Waals surface area contributed by atoms with Crippen molar-refractivity contribution in [3.63, 3.8) is 0 Å². The Morgan fingerprint density at radius 1 is 1.00 bits per heavy atom. The highest BCUT2D eigenvalue weighted by atomic mass is 16.6. The molecule has 1 aliphatic carbocycles. The lowest BCUT2D eigenvalue weighted by molar-refractivity contribution is 0.0698. The molecule has 0 bridgehead atoms. The maximum Gasteiger partial charge on any atom is 0.337 e. The Kier molecular flexibility index (Phi) is 6.44. The molecule has 1 aliphatic heterocycles. The van der Waals surface area contributed by atoms with Crippen LogP contribution in [0.2, 0.25) is 0 Å². The molecule has 0 atom stereocenters. The Morgan fingerprint density at radius 3 is 2.47 bits per heavy atom. The zero-order valence-corrected chi connectivity index (χ0v) is 18.3. The van der Waals surface area contributed by atoms with Gasteiger partial charge in [0.25, 0.3) is 0 Å². The summed E-state index contributed by atoms with van der Waals surface area (Å²) in [6.45, 7) is 1.26. The average molecular weight is 434 g/mol. The molecule has 32 heavy (non-hydrogen) atoms. The van der Waals surface area contributed by atoms with Gasteiger partial charge in [0.15, 0.2) is 11.5 Å². The highest BCUT2D eigenvalue weighted by Crippen LogP contribution is 2.36. The highest BCUT2D eigenvalue weighted by Gasteiger charge is 2.16. The van der Waals surface area contributed by atoms with Gasteiger partial charge < -0.3 is 24.8 Å². The first-order valence-corrected chi connectivity index (χ1v) is 10.7. The van der Waals surface area contributed by atoms with Gasteiger partial charge >= 0.3 is 5.97 Å². The molecule has 166 valence electrons. The third-order valence-corrected chi connectivity index (χ3v) is 5.70. The van der Waals surface area contributed by atoms with Crippen LogP contribution in [0.25, 0.3) is 0 Å². The Labute approximate surface area is 187 Å². The number of fused-ring (bicyclic) bond motifs is 2. The molecule has 2 aliphatic rings. The summed E-state index contributed by atoms with van der Waals surface area (Å²) in [6, 6.07) is 14.4. The predicted molar refractivity (Wildman–Crippen MR) is 125 cm³/mol. The molecule has 2 heterocycles. The van der Waals surface area contributed by atoms with Gasteiger partial charge in [-0.05, 0) is 60.7 Å². The number of hydrogen-bond donors (Lipinski definition) is 2. The van der Waals surface area contributed by atoms with E-state index in [0.717, 1.165) is 17.2 Å². The van der Waals surface area contributed by atoms with Crippen molar-refractivity contribution in [2.75, 3.05) is 37.5 Å². The van der Waals surface area contributed by atoms with E-state index in [4.69, 9.17) is 14.6 Å². The van der Waals surface area contributed by atoms with Gasteiger partial charge in [-0.1, -0.05) is 6.07 Å². The number of rotatable bonds is 4. The molecular weight excluding hydrogens is 406 g/mol. The number of nitrogens with one attached hydrogen (secondary N) is 1. The number of pyridine rings is 1. The van der Waals surface area contributed by atoms with E-state index in [0.29, 0.717) is 18.9 Å². The van der Waals surface area contributed by atoms with Crippen molar-refractivity contribution < 1.29 is 19.4 Å². The lowest BCUT2D eigenvalue weighted by Crippen LogP contribution is -2.16. The summed E-state index contributed by atoms with van der Waals surface area (Å²) in [5, 5.41) is 11.4. The fraction of sp³-hybridized carbons (Fsp3) is 0.280. The second-order valence-electron chi connectivity index (χ2n) is 7.67. The summed E-state index contributed by atoms with van der Waals surface area (Å²) in [7, 11) is 3.76. The second kappa shape index (κ2) is 9.60. The number of nitrogens with zero attached hydrogens (tertiary/aromatic N) is 2. The lowest BCUT2D eigenvalue weighted by atomic mass is 10.1. The number of carbonyl (C=O) groups is 1. The number of aromatic carboxylic acids is 1. The molecule has 2 aromatic carbocycles. The molecule has 5 rings (SSSR count). The summed E-state index contributed by atoms with van der Waals surface area (Å²) in [5.41, 5.74) is 6.12. The smallest absolute Gasteiger partial charge is 0.337 e. The van der Waals surface area contributed by atoms with E-state index >= 15 is 0 Å². The summed E-state index contributed by atoms with van der Waals surface area (Å²) in [6.07, 6.45) is 6.64. The molecule has 7 heteroatoms. The number of ether oxygens (including phenoxy) is 2. The summed E-state index contributed by atoms with van der Waals surface area (Å²) >= 11 is 0. The van der Waals surface area contributed by atoms with Crippen molar-refractivity contribution in [3.8, 4) is 11.5 Å². The number of benzene rings is 2. The van der Waals surface area contributed by atoms with Gasteiger partial charge in [0.1, 0.15) is 13.2 Å². The SMILES string of the molecule is CN(c1ccc2c(c1)CCC2)c1ccc2c(c1)OCCO2.CNc1cnccc1C(=O)O. The van der Waals surface area contributed by atoms with Crippen LogP contribution in [-0.4, -0.2) is 43.4 Å². The fourth-order valence-electron chi connectivity index (χ4n) is 3.94. The minimum absolute atomic E-state index is 0.238. The molecule has 7 nitrogen and oxygen atoms in total. The number of anilines is 3. The van der Waals surface area contributed by atoms with E-state index < -0.39 is 5.97 Å². The summed E-state index contributed by atoms with van der Waals surface area (Å²) in [5.74, 6) is 0.732. The first kappa shape index (κ1) is 21.5. The van der Waals surface area contributed by atoms with Gasteiger partial charge in [0.05, 0.1) is 17.4 Å². The van der Waals surface area contributed by atoms with Crippen LogP contribution in [0.4, 0.5) is 17.1 Å². The van der Waals surface area contributed by atoms with Gasteiger partial charge in [0.2, 0.25) is 0 Å². The van der Waals surface area contributed by atoms with E-state index in [2.05, 4.69) is 52.6 Å². The zero-order chi connectivity index (χ0) is 22.5. The normalized spacial score (nSPS) is 13.4. The quantitative estimate of drug-likeness (QED) is 0.625.